The van der Waals surface area contributed by atoms with E-state index in [1.165, 1.54) is 82.9 Å². The van der Waals surface area contributed by atoms with Gasteiger partial charge in [0.05, 0.1) is 5.84 Å². The molecular formula is C16H34Cl2N2. The second-order valence-corrected chi connectivity index (χ2v) is 5.54. The van der Waals surface area contributed by atoms with Crippen LogP contribution in [-0.2, 0) is 0 Å². The molecule has 0 saturated carbocycles. The molecule has 0 aromatic carbocycles. The largest absolute Gasteiger partial charge is 0.374 e. The number of halogens is 2. The zero-order chi connectivity index (χ0) is 12.9. The molecule has 2 nitrogen and oxygen atoms in total. The van der Waals surface area contributed by atoms with Crippen molar-refractivity contribution in [3.8, 4) is 0 Å². The number of amidine groups is 1. The molecule has 1 N–H and O–H groups in total. The van der Waals surface area contributed by atoms with Crippen LogP contribution in [0.3, 0.4) is 0 Å². The second kappa shape index (κ2) is 17.1. The van der Waals surface area contributed by atoms with Crippen molar-refractivity contribution in [1.82, 2.24) is 5.32 Å². The third kappa shape index (κ3) is 13.1. The molecule has 0 amide bonds. The highest BCUT2D eigenvalue weighted by atomic mass is 35.5. The number of unbranched alkanes of at least 4 members (excludes halogenated alkanes) is 9. The Kier molecular flexibility index (Phi) is 19.1. The minimum absolute atomic E-state index is 0. The van der Waals surface area contributed by atoms with E-state index in [0.717, 1.165) is 13.1 Å². The SMILES string of the molecule is CCCCCCCCCCCCC1=NCCCN1.Cl.Cl. The van der Waals surface area contributed by atoms with E-state index in [0.29, 0.717) is 0 Å². The van der Waals surface area contributed by atoms with E-state index in [2.05, 4.69) is 17.2 Å². The van der Waals surface area contributed by atoms with E-state index >= 15 is 0 Å². The summed E-state index contributed by atoms with van der Waals surface area (Å²) in [5, 5.41) is 3.40. The van der Waals surface area contributed by atoms with Crippen molar-refractivity contribution < 1.29 is 0 Å². The quantitative estimate of drug-likeness (QED) is 0.496. The highest BCUT2D eigenvalue weighted by molar-refractivity contribution is 5.85. The van der Waals surface area contributed by atoms with Gasteiger partial charge in [-0.05, 0) is 12.8 Å². The van der Waals surface area contributed by atoms with Crippen LogP contribution in [0.5, 0.6) is 0 Å². The van der Waals surface area contributed by atoms with E-state index in [-0.39, 0.29) is 24.8 Å². The third-order valence-corrected chi connectivity index (χ3v) is 3.73. The van der Waals surface area contributed by atoms with Gasteiger partial charge in [-0.15, -0.1) is 24.8 Å². The summed E-state index contributed by atoms with van der Waals surface area (Å²) in [5.41, 5.74) is 0. The Morgan fingerprint density at radius 3 is 1.90 bits per heavy atom. The molecule has 122 valence electrons. The molecule has 0 aromatic rings. The van der Waals surface area contributed by atoms with Crippen molar-refractivity contribution in [3.63, 3.8) is 0 Å². The van der Waals surface area contributed by atoms with Crippen LogP contribution in [0, 0.1) is 0 Å². The van der Waals surface area contributed by atoms with E-state index in [1.807, 2.05) is 0 Å². The lowest BCUT2D eigenvalue weighted by atomic mass is 10.1. The van der Waals surface area contributed by atoms with Crippen molar-refractivity contribution in [1.29, 1.82) is 0 Å². The Morgan fingerprint density at radius 2 is 1.40 bits per heavy atom. The Balaban J connectivity index is 0. The summed E-state index contributed by atoms with van der Waals surface area (Å²) in [6.45, 7) is 4.46. The van der Waals surface area contributed by atoms with Gasteiger partial charge in [-0.2, -0.15) is 0 Å². The topological polar surface area (TPSA) is 24.4 Å². The van der Waals surface area contributed by atoms with Gasteiger partial charge in [0, 0.05) is 19.5 Å². The molecule has 0 radical (unpaired) electrons. The molecule has 0 fully saturated rings. The first kappa shape index (κ1) is 22.3. The molecule has 20 heavy (non-hydrogen) atoms. The van der Waals surface area contributed by atoms with Gasteiger partial charge in [-0.3, -0.25) is 4.99 Å². The first-order valence-corrected chi connectivity index (χ1v) is 8.20. The second-order valence-electron chi connectivity index (χ2n) is 5.54. The number of aliphatic imine (C=N–C) groups is 1. The highest BCUT2D eigenvalue weighted by Gasteiger charge is 2.02. The summed E-state index contributed by atoms with van der Waals surface area (Å²) in [7, 11) is 0. The molecule has 1 aliphatic rings. The molecule has 0 aliphatic carbocycles. The summed E-state index contributed by atoms with van der Waals surface area (Å²) in [4.78, 5) is 4.51. The summed E-state index contributed by atoms with van der Waals surface area (Å²) >= 11 is 0. The minimum atomic E-state index is 0. The lowest BCUT2D eigenvalue weighted by Crippen LogP contribution is -2.29. The number of nitrogens with one attached hydrogen (secondary N) is 1. The standard InChI is InChI=1S/C16H32N2.2ClH/c1-2-3-4-5-6-7-8-9-10-11-13-16-17-14-12-15-18-16;;/h2-15H2,1H3,(H,17,18);2*1H. The van der Waals surface area contributed by atoms with Gasteiger partial charge in [0.15, 0.2) is 0 Å². The number of rotatable bonds is 11. The van der Waals surface area contributed by atoms with Gasteiger partial charge in [-0.1, -0.05) is 64.7 Å². The summed E-state index contributed by atoms with van der Waals surface area (Å²) in [6.07, 6.45) is 16.5. The molecule has 0 spiro atoms. The summed E-state index contributed by atoms with van der Waals surface area (Å²) < 4.78 is 0. The van der Waals surface area contributed by atoms with Gasteiger partial charge in [0.1, 0.15) is 0 Å². The van der Waals surface area contributed by atoms with Crippen LogP contribution in [0.1, 0.15) is 84.0 Å². The van der Waals surface area contributed by atoms with Crippen molar-refractivity contribution in [2.24, 2.45) is 4.99 Å². The first-order chi connectivity index (χ1) is 8.93. The number of nitrogens with zero attached hydrogens (tertiary/aromatic N) is 1. The monoisotopic (exact) mass is 324 g/mol. The van der Waals surface area contributed by atoms with E-state index in [4.69, 9.17) is 0 Å². The van der Waals surface area contributed by atoms with E-state index < -0.39 is 0 Å². The van der Waals surface area contributed by atoms with Gasteiger partial charge < -0.3 is 5.32 Å². The Bertz CT molecular complexity index is 221. The van der Waals surface area contributed by atoms with Gasteiger partial charge in [0.2, 0.25) is 0 Å². The average Bonchev–Trinajstić information content (AvgIpc) is 2.42. The lowest BCUT2D eigenvalue weighted by molar-refractivity contribution is 0.557. The van der Waals surface area contributed by atoms with Gasteiger partial charge in [-0.25, -0.2) is 0 Å². The van der Waals surface area contributed by atoms with Crippen LogP contribution < -0.4 is 5.32 Å². The van der Waals surface area contributed by atoms with Crippen LogP contribution in [0.25, 0.3) is 0 Å². The summed E-state index contributed by atoms with van der Waals surface area (Å²) in [6, 6.07) is 0. The van der Waals surface area contributed by atoms with Crippen molar-refractivity contribution in [2.75, 3.05) is 13.1 Å². The van der Waals surface area contributed by atoms with Crippen LogP contribution in [-0.4, -0.2) is 18.9 Å². The maximum atomic E-state index is 4.51. The van der Waals surface area contributed by atoms with E-state index in [9.17, 15) is 0 Å². The molecule has 1 heterocycles. The molecule has 0 bridgehead atoms. The Morgan fingerprint density at radius 1 is 0.850 bits per heavy atom. The Labute approximate surface area is 138 Å². The smallest absolute Gasteiger partial charge is 0.0963 e. The van der Waals surface area contributed by atoms with Crippen LogP contribution >= 0.6 is 24.8 Å². The zero-order valence-corrected chi connectivity index (χ0v) is 14.8. The number of hydrogen-bond acceptors (Lipinski definition) is 2. The van der Waals surface area contributed by atoms with Crippen LogP contribution in [0.2, 0.25) is 0 Å². The maximum Gasteiger partial charge on any atom is 0.0963 e. The molecule has 1 rings (SSSR count). The maximum absolute atomic E-state index is 4.51. The van der Waals surface area contributed by atoms with Gasteiger partial charge >= 0.3 is 0 Å². The number of hydrogen-bond donors (Lipinski definition) is 1. The fraction of sp³-hybridized carbons (Fsp3) is 0.938. The third-order valence-electron chi connectivity index (χ3n) is 3.73. The molecule has 4 heteroatoms. The van der Waals surface area contributed by atoms with Crippen molar-refractivity contribution in [2.45, 2.75) is 84.0 Å². The molecule has 1 aliphatic heterocycles. The minimum Gasteiger partial charge on any atom is -0.374 e. The average molecular weight is 325 g/mol. The zero-order valence-electron chi connectivity index (χ0n) is 13.2. The van der Waals surface area contributed by atoms with Crippen molar-refractivity contribution >= 4 is 30.6 Å². The summed E-state index contributed by atoms with van der Waals surface area (Å²) in [5.74, 6) is 1.26. The predicted octanol–water partition coefficient (Wildman–Crippen LogP) is 5.53. The van der Waals surface area contributed by atoms with E-state index in [1.54, 1.807) is 0 Å². The lowest BCUT2D eigenvalue weighted by Gasteiger charge is -2.14. The fourth-order valence-corrected chi connectivity index (χ4v) is 2.53. The fourth-order valence-electron chi connectivity index (χ4n) is 2.53. The molecule has 0 saturated heterocycles. The molecule has 0 unspecified atom stereocenters. The normalized spacial score (nSPS) is 13.8. The highest BCUT2D eigenvalue weighted by Crippen LogP contribution is 2.11. The van der Waals surface area contributed by atoms with Crippen molar-refractivity contribution in [3.05, 3.63) is 0 Å². The van der Waals surface area contributed by atoms with Crippen LogP contribution in [0.15, 0.2) is 4.99 Å². The Hall–Kier alpha value is 0.0500. The molecular weight excluding hydrogens is 291 g/mol. The molecule has 0 atom stereocenters. The predicted molar refractivity (Wildman–Crippen MR) is 95.9 cm³/mol. The van der Waals surface area contributed by atoms with Crippen LogP contribution in [0.4, 0.5) is 0 Å². The first-order valence-electron chi connectivity index (χ1n) is 8.20. The van der Waals surface area contributed by atoms with Gasteiger partial charge in [0.25, 0.3) is 0 Å². The molecule has 0 aromatic heterocycles.